The summed E-state index contributed by atoms with van der Waals surface area (Å²) in [7, 11) is 9.90. The van der Waals surface area contributed by atoms with E-state index < -0.39 is 0 Å². The van der Waals surface area contributed by atoms with Crippen molar-refractivity contribution in [1.82, 2.24) is 14.4 Å². The molecule has 0 bridgehead atoms. The molecule has 5 nitrogen and oxygen atoms in total. The van der Waals surface area contributed by atoms with Gasteiger partial charge in [0.2, 0.25) is 0 Å². The summed E-state index contributed by atoms with van der Waals surface area (Å²) in [4.78, 5) is 9.01. The Bertz CT molecular complexity index is 1040. The number of benzene rings is 1. The SMILES string of the molecule is COc1cc(C2(C#N)CC2)ccc1-c1cnc2cnc(C(P)(P)P)n2c1. The van der Waals surface area contributed by atoms with E-state index in [9.17, 15) is 5.26 Å². The Balaban J connectivity index is 1.84. The molecule has 132 valence electrons. The van der Waals surface area contributed by atoms with Gasteiger partial charge in [0.25, 0.3) is 0 Å². The molecule has 1 aliphatic carbocycles. The Morgan fingerprint density at radius 1 is 1.23 bits per heavy atom. The number of ether oxygens (including phenoxy) is 1. The molecule has 1 aliphatic rings. The quantitative estimate of drug-likeness (QED) is 0.627. The highest BCUT2D eigenvalue weighted by Crippen LogP contribution is 2.49. The van der Waals surface area contributed by atoms with Crippen molar-refractivity contribution in [1.29, 1.82) is 5.26 Å². The van der Waals surface area contributed by atoms with Crippen molar-refractivity contribution in [2.45, 2.75) is 22.9 Å². The second-order valence-electron chi connectivity index (χ2n) is 6.69. The summed E-state index contributed by atoms with van der Waals surface area (Å²) in [5, 5.41) is 9.44. The van der Waals surface area contributed by atoms with Gasteiger partial charge in [0.15, 0.2) is 5.65 Å². The van der Waals surface area contributed by atoms with Gasteiger partial charge in [0, 0.05) is 23.5 Å². The molecule has 0 saturated heterocycles. The van der Waals surface area contributed by atoms with Crippen molar-refractivity contribution >= 4 is 33.4 Å². The van der Waals surface area contributed by atoms with Crippen LogP contribution in [-0.4, -0.2) is 21.5 Å². The molecular weight excluding hydrogens is 381 g/mol. The predicted octanol–water partition coefficient (Wildman–Crippen LogP) is 3.70. The lowest BCUT2D eigenvalue weighted by molar-refractivity contribution is 0.415. The van der Waals surface area contributed by atoms with Gasteiger partial charge in [-0.1, -0.05) is 12.1 Å². The molecule has 0 spiro atoms. The minimum Gasteiger partial charge on any atom is -0.496 e. The number of hydrogen-bond acceptors (Lipinski definition) is 4. The number of nitriles is 1. The molecule has 3 unspecified atom stereocenters. The van der Waals surface area contributed by atoms with Crippen LogP contribution in [0.2, 0.25) is 0 Å². The summed E-state index contributed by atoms with van der Waals surface area (Å²) in [6, 6.07) is 8.46. The Hall–Kier alpha value is -1.58. The van der Waals surface area contributed by atoms with E-state index in [4.69, 9.17) is 4.74 Å². The van der Waals surface area contributed by atoms with Crippen LogP contribution in [-0.2, 0) is 10.1 Å². The topological polar surface area (TPSA) is 63.2 Å². The van der Waals surface area contributed by atoms with Crippen LogP contribution in [0.1, 0.15) is 24.2 Å². The third-order valence-electron chi connectivity index (χ3n) is 4.80. The van der Waals surface area contributed by atoms with Crippen molar-refractivity contribution in [3.05, 3.63) is 48.2 Å². The molecule has 0 aliphatic heterocycles. The Morgan fingerprint density at radius 2 is 2.00 bits per heavy atom. The van der Waals surface area contributed by atoms with Crippen molar-refractivity contribution in [2.75, 3.05) is 7.11 Å². The van der Waals surface area contributed by atoms with E-state index >= 15 is 0 Å². The van der Waals surface area contributed by atoms with Gasteiger partial charge in [0.1, 0.15) is 11.6 Å². The van der Waals surface area contributed by atoms with Gasteiger partial charge < -0.3 is 4.74 Å². The van der Waals surface area contributed by atoms with Gasteiger partial charge in [-0.05, 0) is 24.5 Å². The first-order valence-electron chi connectivity index (χ1n) is 8.18. The minimum absolute atomic E-state index is 0.328. The monoisotopic (exact) mass is 400 g/mol. The third-order valence-corrected chi connectivity index (χ3v) is 5.57. The van der Waals surface area contributed by atoms with Crippen LogP contribution in [0, 0.1) is 11.3 Å². The molecule has 3 atom stereocenters. The largest absolute Gasteiger partial charge is 0.496 e. The van der Waals surface area contributed by atoms with E-state index in [1.165, 1.54) is 0 Å². The van der Waals surface area contributed by atoms with E-state index in [2.05, 4.69) is 43.8 Å². The van der Waals surface area contributed by atoms with Crippen LogP contribution >= 0.6 is 27.7 Å². The van der Waals surface area contributed by atoms with Crippen molar-refractivity contribution in [2.24, 2.45) is 0 Å². The summed E-state index contributed by atoms with van der Waals surface area (Å²) >= 11 is 0. The molecule has 2 heterocycles. The summed E-state index contributed by atoms with van der Waals surface area (Å²) in [6.45, 7) is 0. The average Bonchev–Trinajstić information content (AvgIpc) is 3.31. The van der Waals surface area contributed by atoms with Gasteiger partial charge in [-0.3, -0.25) is 4.40 Å². The minimum atomic E-state index is -0.330. The molecule has 0 radical (unpaired) electrons. The Morgan fingerprint density at radius 3 is 2.62 bits per heavy atom. The smallest absolute Gasteiger partial charge is 0.156 e. The molecule has 26 heavy (non-hydrogen) atoms. The number of fused-ring (bicyclic) bond motifs is 1. The molecule has 0 amide bonds. The van der Waals surface area contributed by atoms with E-state index in [0.717, 1.165) is 46.8 Å². The fourth-order valence-corrected chi connectivity index (χ4v) is 3.80. The molecule has 8 heteroatoms. The fourth-order valence-electron chi connectivity index (χ4n) is 3.16. The molecule has 4 rings (SSSR count). The van der Waals surface area contributed by atoms with Gasteiger partial charge in [-0.25, -0.2) is 9.97 Å². The predicted molar refractivity (Wildman–Crippen MR) is 112 cm³/mol. The highest BCUT2D eigenvalue weighted by atomic mass is 31.1. The zero-order valence-corrected chi connectivity index (χ0v) is 17.8. The Labute approximate surface area is 159 Å². The van der Waals surface area contributed by atoms with E-state index in [0.29, 0.717) is 0 Å². The second kappa shape index (κ2) is 6.24. The average molecular weight is 400 g/mol. The molecule has 0 N–H and O–H groups in total. The molecule has 2 aromatic heterocycles. The van der Waals surface area contributed by atoms with Crippen LogP contribution in [0.4, 0.5) is 0 Å². The number of imidazole rings is 1. The van der Waals surface area contributed by atoms with E-state index in [1.807, 2.05) is 35.0 Å². The molecule has 1 fully saturated rings. The maximum atomic E-state index is 9.44. The third kappa shape index (κ3) is 2.91. The van der Waals surface area contributed by atoms with Crippen LogP contribution in [0.3, 0.4) is 0 Å². The highest BCUT2D eigenvalue weighted by molar-refractivity contribution is 7.56. The number of methoxy groups -OCH3 is 1. The first kappa shape index (κ1) is 17.8. The van der Waals surface area contributed by atoms with Gasteiger partial charge in [-0.2, -0.15) is 5.26 Å². The van der Waals surface area contributed by atoms with Crippen LogP contribution in [0.25, 0.3) is 16.8 Å². The number of rotatable bonds is 4. The maximum Gasteiger partial charge on any atom is 0.156 e. The van der Waals surface area contributed by atoms with E-state index in [1.54, 1.807) is 13.3 Å². The van der Waals surface area contributed by atoms with Gasteiger partial charge in [0.05, 0.1) is 29.4 Å². The first-order chi connectivity index (χ1) is 12.4. The normalized spacial score (nSPS) is 15.7. The second-order valence-corrected chi connectivity index (χ2v) is 11.6. The number of nitrogens with zero attached hydrogens (tertiary/aromatic N) is 4. The maximum absolute atomic E-state index is 9.44. The summed E-state index contributed by atoms with van der Waals surface area (Å²) in [6.07, 6.45) is 7.43. The van der Waals surface area contributed by atoms with Gasteiger partial charge >= 0.3 is 0 Å². The lowest BCUT2D eigenvalue weighted by atomic mass is 9.95. The van der Waals surface area contributed by atoms with Crippen LogP contribution < -0.4 is 4.74 Å². The molecule has 3 aromatic rings. The summed E-state index contributed by atoms with van der Waals surface area (Å²) < 4.78 is 7.28. The lowest BCUT2D eigenvalue weighted by Gasteiger charge is -2.17. The number of aromatic nitrogens is 3. The highest BCUT2D eigenvalue weighted by Gasteiger charge is 2.45. The standard InChI is InChI=1S/C18H19N4OP3/c1-23-14-6-12(17(10-19)4-5-17)2-3-13(14)11-7-20-15-8-21-16(18(24,25)26)22(15)9-11/h2-3,6-9H,4-5,24-26H2,1H3. The molecule has 1 aromatic carbocycles. The van der Waals surface area contributed by atoms with Crippen LogP contribution in [0.15, 0.2) is 36.8 Å². The lowest BCUT2D eigenvalue weighted by Crippen LogP contribution is -2.06. The fraction of sp³-hybridized carbons (Fsp3) is 0.278. The molecular formula is C18H19N4OP3. The van der Waals surface area contributed by atoms with Gasteiger partial charge in [-0.15, -0.1) is 27.7 Å². The van der Waals surface area contributed by atoms with Crippen molar-refractivity contribution < 1.29 is 4.74 Å². The zero-order chi connectivity index (χ0) is 18.5. The first-order valence-corrected chi connectivity index (χ1v) is 9.91. The molecule has 1 saturated carbocycles. The summed E-state index contributed by atoms with van der Waals surface area (Å²) in [5.74, 6) is 1.61. The van der Waals surface area contributed by atoms with Crippen molar-refractivity contribution in [3.63, 3.8) is 0 Å². The van der Waals surface area contributed by atoms with E-state index in [-0.39, 0.29) is 10.1 Å². The van der Waals surface area contributed by atoms with Crippen molar-refractivity contribution in [3.8, 4) is 22.9 Å². The zero-order valence-electron chi connectivity index (χ0n) is 14.3. The van der Waals surface area contributed by atoms with Crippen LogP contribution in [0.5, 0.6) is 5.75 Å². The summed E-state index contributed by atoms with van der Waals surface area (Å²) in [5.41, 5.74) is 3.37. The number of hydrogen-bond donors (Lipinski definition) is 0. The Kier molecular flexibility index (Phi) is 4.28.